The monoisotopic (exact) mass is 346 g/mol. The van der Waals surface area contributed by atoms with E-state index in [2.05, 4.69) is 9.80 Å². The highest BCUT2D eigenvalue weighted by molar-refractivity contribution is 4.92. The van der Waals surface area contributed by atoms with Gasteiger partial charge in [0.15, 0.2) is 0 Å². The molecule has 1 aliphatic carbocycles. The standard InChI is InChI=1S/C18H38N2O4/c1-13(21)9-19(10-14(2)22)17-7-5-6-8-18(17)20(11-15(3)23)12-16(4)24/h13-18,21-24H,5-12H2,1-4H3. The maximum absolute atomic E-state index is 9.87. The van der Waals surface area contributed by atoms with E-state index in [4.69, 9.17) is 0 Å². The smallest absolute Gasteiger partial charge is 0.0639 e. The van der Waals surface area contributed by atoms with E-state index >= 15 is 0 Å². The van der Waals surface area contributed by atoms with Crippen LogP contribution < -0.4 is 0 Å². The summed E-state index contributed by atoms with van der Waals surface area (Å²) < 4.78 is 0. The highest BCUT2D eigenvalue weighted by Crippen LogP contribution is 2.28. The third-order valence-electron chi connectivity index (χ3n) is 4.63. The van der Waals surface area contributed by atoms with E-state index in [1.165, 1.54) is 0 Å². The van der Waals surface area contributed by atoms with Gasteiger partial charge in [0.1, 0.15) is 0 Å². The first-order valence-corrected chi connectivity index (χ1v) is 9.41. The summed E-state index contributed by atoms with van der Waals surface area (Å²) in [5.41, 5.74) is 0. The summed E-state index contributed by atoms with van der Waals surface area (Å²) in [6, 6.07) is 0.445. The van der Waals surface area contributed by atoms with Crippen LogP contribution in [0.1, 0.15) is 53.4 Å². The topological polar surface area (TPSA) is 87.4 Å². The minimum Gasteiger partial charge on any atom is -0.392 e. The largest absolute Gasteiger partial charge is 0.392 e. The van der Waals surface area contributed by atoms with Crippen LogP contribution >= 0.6 is 0 Å². The summed E-state index contributed by atoms with van der Waals surface area (Å²) in [7, 11) is 0. The maximum Gasteiger partial charge on any atom is 0.0639 e. The Morgan fingerprint density at radius 1 is 0.625 bits per heavy atom. The van der Waals surface area contributed by atoms with Crippen molar-refractivity contribution >= 4 is 0 Å². The fourth-order valence-corrected chi connectivity index (χ4v) is 3.99. The molecule has 0 aromatic rings. The Morgan fingerprint density at radius 2 is 0.875 bits per heavy atom. The van der Waals surface area contributed by atoms with E-state index < -0.39 is 24.4 Å². The molecule has 0 radical (unpaired) electrons. The summed E-state index contributed by atoms with van der Waals surface area (Å²) >= 11 is 0. The Bertz CT molecular complexity index is 285. The van der Waals surface area contributed by atoms with Gasteiger partial charge in [0.2, 0.25) is 0 Å². The van der Waals surface area contributed by atoms with Gasteiger partial charge in [-0.2, -0.15) is 0 Å². The molecular weight excluding hydrogens is 308 g/mol. The first-order valence-electron chi connectivity index (χ1n) is 9.41. The molecule has 0 aliphatic heterocycles. The fraction of sp³-hybridized carbons (Fsp3) is 1.00. The maximum atomic E-state index is 9.87. The molecule has 0 spiro atoms. The summed E-state index contributed by atoms with van der Waals surface area (Å²) in [4.78, 5) is 4.38. The van der Waals surface area contributed by atoms with E-state index in [9.17, 15) is 20.4 Å². The lowest BCUT2D eigenvalue weighted by Gasteiger charge is -2.46. The lowest BCUT2D eigenvalue weighted by molar-refractivity contribution is -0.0207. The van der Waals surface area contributed by atoms with Gasteiger partial charge in [0, 0.05) is 38.3 Å². The van der Waals surface area contributed by atoms with E-state index in [1.807, 2.05) is 0 Å². The first kappa shape index (κ1) is 21.8. The van der Waals surface area contributed by atoms with Crippen molar-refractivity contribution in [3.8, 4) is 0 Å². The Hall–Kier alpha value is -0.240. The molecule has 0 aromatic carbocycles. The predicted octanol–water partition coefficient (Wildman–Crippen LogP) is 0.425. The lowest BCUT2D eigenvalue weighted by atomic mass is 9.87. The van der Waals surface area contributed by atoms with Gasteiger partial charge in [0.05, 0.1) is 24.4 Å². The zero-order valence-corrected chi connectivity index (χ0v) is 15.8. The summed E-state index contributed by atoms with van der Waals surface area (Å²) in [6.45, 7) is 9.22. The van der Waals surface area contributed by atoms with Gasteiger partial charge in [-0.05, 0) is 40.5 Å². The second-order valence-electron chi connectivity index (χ2n) is 7.72. The van der Waals surface area contributed by atoms with Crippen molar-refractivity contribution in [1.29, 1.82) is 0 Å². The van der Waals surface area contributed by atoms with Crippen LogP contribution in [0.5, 0.6) is 0 Å². The van der Waals surface area contributed by atoms with E-state index in [-0.39, 0.29) is 12.1 Å². The van der Waals surface area contributed by atoms with Crippen LogP contribution in [0.25, 0.3) is 0 Å². The van der Waals surface area contributed by atoms with Gasteiger partial charge < -0.3 is 20.4 Å². The van der Waals surface area contributed by atoms with Crippen molar-refractivity contribution in [2.45, 2.75) is 89.9 Å². The zero-order valence-electron chi connectivity index (χ0n) is 15.8. The molecule has 144 valence electrons. The molecule has 0 saturated heterocycles. The molecule has 1 aliphatic rings. The van der Waals surface area contributed by atoms with Gasteiger partial charge in [-0.3, -0.25) is 9.80 Å². The Labute approximate surface area is 147 Å². The quantitative estimate of drug-likeness (QED) is 0.459. The second-order valence-corrected chi connectivity index (χ2v) is 7.72. The summed E-state index contributed by atoms with van der Waals surface area (Å²) in [5.74, 6) is 0. The van der Waals surface area contributed by atoms with E-state index in [1.54, 1.807) is 27.7 Å². The molecule has 1 saturated carbocycles. The molecule has 6 atom stereocenters. The zero-order chi connectivity index (χ0) is 18.3. The summed E-state index contributed by atoms with van der Waals surface area (Å²) in [6.07, 6.45) is 2.49. The molecule has 0 heterocycles. The predicted molar refractivity (Wildman–Crippen MR) is 95.9 cm³/mol. The van der Waals surface area contributed by atoms with Crippen LogP contribution in [0, 0.1) is 0 Å². The number of rotatable bonds is 10. The highest BCUT2D eigenvalue weighted by Gasteiger charge is 2.35. The second kappa shape index (κ2) is 10.7. The van der Waals surface area contributed by atoms with Crippen molar-refractivity contribution in [3.05, 3.63) is 0 Å². The normalized spacial score (nSPS) is 27.2. The SMILES string of the molecule is CC(O)CN(CC(C)O)C1CCCCC1N(CC(C)O)CC(C)O. The number of nitrogens with zero attached hydrogens (tertiary/aromatic N) is 2. The number of hydrogen-bond donors (Lipinski definition) is 4. The summed E-state index contributed by atoms with van der Waals surface area (Å²) in [5, 5.41) is 39.5. The van der Waals surface area contributed by atoms with Crippen LogP contribution in [-0.4, -0.2) is 92.9 Å². The van der Waals surface area contributed by atoms with Crippen molar-refractivity contribution in [3.63, 3.8) is 0 Å². The van der Waals surface area contributed by atoms with Crippen molar-refractivity contribution < 1.29 is 20.4 Å². The minimum atomic E-state index is -0.451. The lowest BCUT2D eigenvalue weighted by Crippen LogP contribution is -2.58. The molecule has 0 bridgehead atoms. The molecule has 6 nitrogen and oxygen atoms in total. The molecule has 24 heavy (non-hydrogen) atoms. The van der Waals surface area contributed by atoms with E-state index in [0.717, 1.165) is 25.7 Å². The molecule has 6 unspecified atom stereocenters. The molecule has 0 aromatic heterocycles. The first-order chi connectivity index (χ1) is 11.2. The molecule has 0 amide bonds. The molecule has 6 heteroatoms. The number of hydrogen-bond acceptors (Lipinski definition) is 6. The third-order valence-corrected chi connectivity index (χ3v) is 4.63. The van der Waals surface area contributed by atoms with E-state index in [0.29, 0.717) is 26.2 Å². The van der Waals surface area contributed by atoms with Gasteiger partial charge in [-0.25, -0.2) is 0 Å². The average Bonchev–Trinajstić information content (AvgIpc) is 2.44. The average molecular weight is 347 g/mol. The van der Waals surface area contributed by atoms with Crippen LogP contribution in [0.4, 0.5) is 0 Å². The molecule has 1 rings (SSSR count). The van der Waals surface area contributed by atoms with Crippen LogP contribution in [0.3, 0.4) is 0 Å². The van der Waals surface area contributed by atoms with Crippen LogP contribution in [0.15, 0.2) is 0 Å². The van der Waals surface area contributed by atoms with Crippen molar-refractivity contribution in [2.24, 2.45) is 0 Å². The van der Waals surface area contributed by atoms with Crippen molar-refractivity contribution in [1.82, 2.24) is 9.80 Å². The number of aliphatic hydroxyl groups is 4. The molecule has 4 N–H and O–H groups in total. The van der Waals surface area contributed by atoms with Gasteiger partial charge >= 0.3 is 0 Å². The molecular formula is C18H38N2O4. The fourth-order valence-electron chi connectivity index (χ4n) is 3.99. The van der Waals surface area contributed by atoms with Crippen LogP contribution in [0.2, 0.25) is 0 Å². The Morgan fingerprint density at radius 3 is 1.08 bits per heavy atom. The number of aliphatic hydroxyl groups excluding tert-OH is 4. The minimum absolute atomic E-state index is 0.223. The van der Waals surface area contributed by atoms with Gasteiger partial charge in [-0.15, -0.1) is 0 Å². The Kier molecular flexibility index (Phi) is 9.71. The third kappa shape index (κ3) is 7.76. The highest BCUT2D eigenvalue weighted by atomic mass is 16.3. The van der Waals surface area contributed by atoms with Crippen molar-refractivity contribution in [2.75, 3.05) is 26.2 Å². The van der Waals surface area contributed by atoms with Gasteiger partial charge in [-0.1, -0.05) is 12.8 Å². The van der Waals surface area contributed by atoms with Gasteiger partial charge in [0.25, 0.3) is 0 Å². The van der Waals surface area contributed by atoms with Crippen LogP contribution in [-0.2, 0) is 0 Å². The molecule has 1 fully saturated rings. The Balaban J connectivity index is 2.95.